The maximum atomic E-state index is 11.2. The molecule has 0 N–H and O–H groups in total. The smallest absolute Gasteiger partial charge is 0.162 e. The van der Waals surface area contributed by atoms with Crippen LogP contribution in [-0.4, -0.2) is 85.6 Å². The van der Waals surface area contributed by atoms with Gasteiger partial charge in [-0.05, 0) is 41.1 Å². The van der Waals surface area contributed by atoms with Crippen LogP contribution in [-0.2, 0) is 18.9 Å². The van der Waals surface area contributed by atoms with Gasteiger partial charge in [0.15, 0.2) is 23.0 Å². The highest BCUT2D eigenvalue weighted by molar-refractivity contribution is 5.86. The molecule has 1 aliphatic rings. The van der Waals surface area contributed by atoms with E-state index in [9.17, 15) is 4.79 Å². The molecule has 9 heteroatoms. The van der Waals surface area contributed by atoms with Gasteiger partial charge < -0.3 is 37.9 Å². The molecule has 0 aromatic heterocycles. The van der Waals surface area contributed by atoms with Crippen molar-refractivity contribution >= 4 is 17.1 Å². The van der Waals surface area contributed by atoms with Crippen molar-refractivity contribution in [2.75, 3.05) is 79.3 Å². The summed E-state index contributed by atoms with van der Waals surface area (Å²) in [5.74, 6) is 2.35. The van der Waals surface area contributed by atoms with Crippen LogP contribution in [0.5, 0.6) is 23.0 Å². The first-order valence-electron chi connectivity index (χ1n) is 12.8. The Hall–Kier alpha value is -3.37. The quantitative estimate of drug-likeness (QED) is 0.437. The van der Waals surface area contributed by atoms with Crippen LogP contribution in [0, 0.1) is 0 Å². The second-order valence-electron chi connectivity index (χ2n) is 8.31. The largest absolute Gasteiger partial charge is 0.487 e. The van der Waals surface area contributed by atoms with E-state index in [-0.39, 0.29) is 0 Å². The molecule has 1 heterocycles. The standard InChI is InChI=1S/C29H34O9/c30-22-23-5-6-26-27(19-23)36-16-12-32-9-10-34-14-18-38-29-21-25-4-2-1-3-24(25)20-28(29)37-17-13-33-8-7-31-11-15-35-26/h1-6,19-22H,7-18H2. The highest BCUT2D eigenvalue weighted by Crippen LogP contribution is 2.32. The Morgan fingerprint density at radius 1 is 0.447 bits per heavy atom. The van der Waals surface area contributed by atoms with E-state index in [4.69, 9.17) is 37.9 Å². The second-order valence-corrected chi connectivity index (χ2v) is 8.31. The van der Waals surface area contributed by atoms with Crippen LogP contribution in [0.15, 0.2) is 54.6 Å². The molecule has 0 aliphatic carbocycles. The van der Waals surface area contributed by atoms with Gasteiger partial charge in [-0.15, -0.1) is 0 Å². The Morgan fingerprint density at radius 2 is 0.842 bits per heavy atom. The van der Waals surface area contributed by atoms with Crippen LogP contribution in [0.1, 0.15) is 10.4 Å². The lowest BCUT2D eigenvalue weighted by atomic mass is 10.1. The van der Waals surface area contributed by atoms with E-state index >= 15 is 0 Å². The summed E-state index contributed by atoms with van der Waals surface area (Å²) in [6.07, 6.45) is 0.766. The van der Waals surface area contributed by atoms with Crippen molar-refractivity contribution in [3.05, 3.63) is 60.2 Å². The van der Waals surface area contributed by atoms with Crippen LogP contribution < -0.4 is 18.9 Å². The van der Waals surface area contributed by atoms with E-state index in [1.165, 1.54) is 0 Å². The summed E-state index contributed by atoms with van der Waals surface area (Å²) in [4.78, 5) is 11.2. The van der Waals surface area contributed by atoms with Gasteiger partial charge in [-0.2, -0.15) is 0 Å². The minimum atomic E-state index is 0.306. The van der Waals surface area contributed by atoms with Gasteiger partial charge in [0.25, 0.3) is 0 Å². The number of carbonyl (C=O) groups excluding carboxylic acids is 1. The van der Waals surface area contributed by atoms with E-state index in [1.54, 1.807) is 18.2 Å². The number of aldehydes is 1. The molecule has 0 bridgehead atoms. The van der Waals surface area contributed by atoms with Crippen LogP contribution in [0.3, 0.4) is 0 Å². The summed E-state index contributed by atoms with van der Waals surface area (Å²) in [5, 5.41) is 2.14. The molecule has 0 saturated heterocycles. The summed E-state index contributed by atoms with van der Waals surface area (Å²) >= 11 is 0. The maximum absolute atomic E-state index is 11.2. The second kappa shape index (κ2) is 15.8. The van der Waals surface area contributed by atoms with E-state index in [0.717, 1.165) is 17.1 Å². The van der Waals surface area contributed by atoms with E-state index in [2.05, 4.69) is 0 Å². The highest BCUT2D eigenvalue weighted by Gasteiger charge is 2.10. The first-order chi connectivity index (χ1) is 18.8. The first kappa shape index (κ1) is 27.7. The SMILES string of the molecule is O=Cc1ccc2c(c1)OCCOCCOCCOc1cc3ccccc3cc1OCCOCCOCCO2. The van der Waals surface area contributed by atoms with Crippen molar-refractivity contribution in [1.29, 1.82) is 0 Å². The van der Waals surface area contributed by atoms with Gasteiger partial charge in [0.2, 0.25) is 0 Å². The minimum Gasteiger partial charge on any atom is -0.487 e. The van der Waals surface area contributed by atoms with Gasteiger partial charge in [-0.1, -0.05) is 24.3 Å². The monoisotopic (exact) mass is 526 g/mol. The molecule has 204 valence electrons. The Kier molecular flexibility index (Phi) is 11.5. The fraction of sp³-hybridized carbons (Fsp3) is 0.414. The lowest BCUT2D eigenvalue weighted by Gasteiger charge is -2.15. The van der Waals surface area contributed by atoms with Crippen LogP contribution in [0.2, 0.25) is 0 Å². The molecule has 0 atom stereocenters. The molecule has 9 nitrogen and oxygen atoms in total. The third-order valence-corrected chi connectivity index (χ3v) is 5.60. The third kappa shape index (κ3) is 8.88. The van der Waals surface area contributed by atoms with Crippen LogP contribution >= 0.6 is 0 Å². The lowest BCUT2D eigenvalue weighted by Crippen LogP contribution is -2.15. The number of ether oxygens (including phenoxy) is 8. The van der Waals surface area contributed by atoms with E-state index in [0.29, 0.717) is 108 Å². The van der Waals surface area contributed by atoms with Gasteiger partial charge in [-0.3, -0.25) is 4.79 Å². The summed E-state index contributed by atoms with van der Waals surface area (Å²) in [6, 6.07) is 17.1. The zero-order valence-corrected chi connectivity index (χ0v) is 21.4. The summed E-state index contributed by atoms with van der Waals surface area (Å²) in [7, 11) is 0. The van der Waals surface area contributed by atoms with Gasteiger partial charge >= 0.3 is 0 Å². The Morgan fingerprint density at radius 3 is 1.29 bits per heavy atom. The Labute approximate surface area is 222 Å². The van der Waals surface area contributed by atoms with Gasteiger partial charge in [0, 0.05) is 5.56 Å². The topological polar surface area (TPSA) is 90.9 Å². The maximum Gasteiger partial charge on any atom is 0.162 e. The number of benzene rings is 3. The van der Waals surface area contributed by atoms with Crippen molar-refractivity contribution in [3.63, 3.8) is 0 Å². The summed E-state index contributed by atoms with van der Waals surface area (Å²) < 4.78 is 46.0. The molecule has 3 aromatic carbocycles. The highest BCUT2D eigenvalue weighted by atomic mass is 16.6. The van der Waals surface area contributed by atoms with E-state index in [1.807, 2.05) is 36.4 Å². The van der Waals surface area contributed by atoms with Crippen LogP contribution in [0.4, 0.5) is 0 Å². The van der Waals surface area contributed by atoms with E-state index < -0.39 is 0 Å². The predicted molar refractivity (Wildman–Crippen MR) is 141 cm³/mol. The molecule has 38 heavy (non-hydrogen) atoms. The fourth-order valence-corrected chi connectivity index (χ4v) is 3.74. The number of hydrogen-bond donors (Lipinski definition) is 0. The molecular weight excluding hydrogens is 492 g/mol. The predicted octanol–water partition coefficient (Wildman–Crippen LogP) is 3.95. The Balaban J connectivity index is 1.31. The molecule has 0 unspecified atom stereocenters. The van der Waals surface area contributed by atoms with Gasteiger partial charge in [-0.25, -0.2) is 0 Å². The molecule has 0 amide bonds. The zero-order chi connectivity index (χ0) is 26.3. The minimum absolute atomic E-state index is 0.306. The summed E-state index contributed by atoms with van der Waals surface area (Å²) in [5.41, 5.74) is 0.505. The molecule has 1 aliphatic heterocycles. The van der Waals surface area contributed by atoms with Crippen molar-refractivity contribution in [1.82, 2.24) is 0 Å². The number of carbonyl (C=O) groups is 1. The van der Waals surface area contributed by atoms with Crippen molar-refractivity contribution in [2.45, 2.75) is 0 Å². The Bertz CT molecular complexity index is 1130. The van der Waals surface area contributed by atoms with Crippen LogP contribution in [0.25, 0.3) is 10.8 Å². The molecule has 0 saturated carbocycles. The average molecular weight is 527 g/mol. The zero-order valence-electron chi connectivity index (χ0n) is 21.4. The fourth-order valence-electron chi connectivity index (χ4n) is 3.74. The number of hydrogen-bond acceptors (Lipinski definition) is 9. The molecule has 0 radical (unpaired) electrons. The average Bonchev–Trinajstić information content (AvgIpc) is 2.94. The van der Waals surface area contributed by atoms with Gasteiger partial charge in [0.05, 0.1) is 52.9 Å². The van der Waals surface area contributed by atoms with Crippen molar-refractivity contribution < 1.29 is 42.7 Å². The molecule has 3 aromatic rings. The molecule has 0 fully saturated rings. The third-order valence-electron chi connectivity index (χ3n) is 5.60. The molecule has 4 rings (SSSR count). The normalized spacial score (nSPS) is 17.3. The molecular formula is C29H34O9. The lowest BCUT2D eigenvalue weighted by molar-refractivity contribution is 0.0223. The number of rotatable bonds is 1. The first-order valence-corrected chi connectivity index (χ1v) is 12.8. The van der Waals surface area contributed by atoms with Crippen molar-refractivity contribution in [3.8, 4) is 23.0 Å². The molecule has 0 spiro atoms. The summed E-state index contributed by atoms with van der Waals surface area (Å²) in [6.45, 7) is 4.68. The number of fused-ring (bicyclic) bond motifs is 3. The van der Waals surface area contributed by atoms with Gasteiger partial charge in [0.1, 0.15) is 32.7 Å². The van der Waals surface area contributed by atoms with Crippen molar-refractivity contribution in [2.24, 2.45) is 0 Å².